The summed E-state index contributed by atoms with van der Waals surface area (Å²) in [7, 11) is 0. The molecule has 278 valence electrons. The van der Waals surface area contributed by atoms with Gasteiger partial charge in [0.15, 0.2) is 0 Å². The average Bonchev–Trinajstić information content (AvgIpc) is 3.17. The van der Waals surface area contributed by atoms with Crippen molar-refractivity contribution in [1.29, 1.82) is 5.26 Å². The molecule has 1 aliphatic rings. The third-order valence-electron chi connectivity index (χ3n) is 9.26. The largest absolute Gasteiger partial charge is 0.493 e. The lowest BCUT2D eigenvalue weighted by molar-refractivity contribution is -0.127. The zero-order valence-electron chi connectivity index (χ0n) is 30.8. The van der Waals surface area contributed by atoms with Gasteiger partial charge in [-0.2, -0.15) is 5.26 Å². The summed E-state index contributed by atoms with van der Waals surface area (Å²) in [6.45, 7) is 10.8. The molecule has 1 saturated heterocycles. The minimum absolute atomic E-state index is 0. The third-order valence-corrected chi connectivity index (χ3v) is 9.26. The van der Waals surface area contributed by atoms with Crippen LogP contribution < -0.4 is 14.2 Å². The topological polar surface area (TPSA) is 87.9 Å². The van der Waals surface area contributed by atoms with Gasteiger partial charge in [0.1, 0.15) is 29.7 Å². The Labute approximate surface area is 322 Å². The molecule has 0 saturated carbocycles. The number of hydrogen-bond donors (Lipinski definition) is 0. The van der Waals surface area contributed by atoms with Crippen molar-refractivity contribution >= 4 is 24.4 Å². The molecule has 4 aromatic carbocycles. The van der Waals surface area contributed by atoms with Crippen LogP contribution in [0.2, 0.25) is 0 Å². The number of carbonyl (C=O) groups is 1. The van der Waals surface area contributed by atoms with Crippen molar-refractivity contribution in [3.63, 3.8) is 0 Å². The lowest BCUT2D eigenvalue weighted by Crippen LogP contribution is -2.47. The summed E-state index contributed by atoms with van der Waals surface area (Å²) in [5.41, 5.74) is 8.09. The first kappa shape index (κ1) is 39.5. The van der Waals surface area contributed by atoms with Crippen molar-refractivity contribution in [1.82, 2.24) is 14.8 Å². The first-order chi connectivity index (χ1) is 25.7. The van der Waals surface area contributed by atoms with E-state index in [4.69, 9.17) is 19.5 Å². The minimum atomic E-state index is -0.271. The van der Waals surface area contributed by atoms with Crippen LogP contribution in [0.25, 0.3) is 6.08 Å². The molecular formula is C44H44ClFN4O4. The number of rotatable bonds is 13. The molecule has 10 heteroatoms. The SMILES string of the molecule is Cc1cc(CN2CCN(C(=O)C=Cc3cc(C)c(Oc4ccc(OCc5ccc(C#N)cc5)cn4)c(C)c3)CC2)ccc1CCOc1ccc(F)cc1.Cl. The predicted octanol–water partition coefficient (Wildman–Crippen LogP) is 8.79. The van der Waals surface area contributed by atoms with Crippen LogP contribution in [0.1, 0.15) is 44.5 Å². The Hall–Kier alpha value is -5.69. The summed E-state index contributed by atoms with van der Waals surface area (Å²) >= 11 is 0. The second-order valence-electron chi connectivity index (χ2n) is 13.3. The first-order valence-electron chi connectivity index (χ1n) is 17.8. The molecule has 0 radical (unpaired) electrons. The second kappa shape index (κ2) is 18.9. The maximum Gasteiger partial charge on any atom is 0.246 e. The number of hydrogen-bond acceptors (Lipinski definition) is 7. The van der Waals surface area contributed by atoms with Crippen molar-refractivity contribution in [2.75, 3.05) is 32.8 Å². The lowest BCUT2D eigenvalue weighted by atomic mass is 10.0. The van der Waals surface area contributed by atoms with Crippen LogP contribution in [0.15, 0.2) is 103 Å². The molecule has 0 atom stereocenters. The van der Waals surface area contributed by atoms with Gasteiger partial charge >= 0.3 is 0 Å². The standard InChI is InChI=1S/C44H43FN4O4.ClH/c1-31-24-37(8-10-38(31)18-23-51-40-13-11-39(45)12-14-40)29-48-19-21-49(22-20-48)43(50)17-9-36-25-32(2)44(33(3)26-36)53-42-16-15-41(28-47-42)52-30-35-6-4-34(27-46)5-7-35;/h4-17,24-26,28H,18-23,29-30H2,1-3H3;1H. The number of amides is 1. The fourth-order valence-electron chi connectivity index (χ4n) is 6.30. The summed E-state index contributed by atoms with van der Waals surface area (Å²) in [6, 6.07) is 29.6. The van der Waals surface area contributed by atoms with Gasteiger partial charge in [-0.15, -0.1) is 12.4 Å². The van der Waals surface area contributed by atoms with Gasteiger partial charge in [0.05, 0.1) is 24.4 Å². The van der Waals surface area contributed by atoms with Crippen molar-refractivity contribution in [2.45, 2.75) is 40.3 Å². The number of pyridine rings is 1. The Morgan fingerprint density at radius 3 is 2.17 bits per heavy atom. The van der Waals surface area contributed by atoms with E-state index in [0.717, 1.165) is 54.1 Å². The monoisotopic (exact) mass is 746 g/mol. The quantitative estimate of drug-likeness (QED) is 0.111. The van der Waals surface area contributed by atoms with E-state index in [9.17, 15) is 9.18 Å². The maximum absolute atomic E-state index is 13.1. The van der Waals surface area contributed by atoms with E-state index in [1.807, 2.05) is 55.2 Å². The Bertz CT molecular complexity index is 2070. The Morgan fingerprint density at radius 1 is 0.833 bits per heavy atom. The zero-order chi connectivity index (χ0) is 37.2. The van der Waals surface area contributed by atoms with Gasteiger partial charge in [-0.1, -0.05) is 30.3 Å². The van der Waals surface area contributed by atoms with E-state index in [2.05, 4.69) is 41.1 Å². The van der Waals surface area contributed by atoms with Crippen molar-refractivity contribution in [2.24, 2.45) is 0 Å². The van der Waals surface area contributed by atoms with E-state index in [0.29, 0.717) is 49.2 Å². The van der Waals surface area contributed by atoms with Crippen LogP contribution in [0.3, 0.4) is 0 Å². The Kier molecular flexibility index (Phi) is 13.8. The fourth-order valence-corrected chi connectivity index (χ4v) is 6.30. The summed E-state index contributed by atoms with van der Waals surface area (Å²) in [4.78, 5) is 21.8. The van der Waals surface area contributed by atoms with Crippen LogP contribution in [0.4, 0.5) is 4.39 Å². The number of halogens is 2. The minimum Gasteiger partial charge on any atom is -0.493 e. The number of nitriles is 1. The molecule has 1 aliphatic heterocycles. The van der Waals surface area contributed by atoms with Crippen LogP contribution in [0.5, 0.6) is 23.1 Å². The molecule has 6 rings (SSSR count). The van der Waals surface area contributed by atoms with E-state index in [1.54, 1.807) is 42.6 Å². The number of benzene rings is 4. The molecule has 1 fully saturated rings. The number of carbonyl (C=O) groups excluding carboxylic acids is 1. The highest BCUT2D eigenvalue weighted by atomic mass is 35.5. The second-order valence-corrected chi connectivity index (χ2v) is 13.3. The molecule has 1 amide bonds. The zero-order valence-corrected chi connectivity index (χ0v) is 31.6. The average molecular weight is 747 g/mol. The van der Waals surface area contributed by atoms with Crippen LogP contribution >= 0.6 is 12.4 Å². The number of piperazine rings is 1. The maximum atomic E-state index is 13.1. The van der Waals surface area contributed by atoms with Gasteiger partial charge in [0.25, 0.3) is 0 Å². The Balaban J connectivity index is 0.00000561. The highest BCUT2D eigenvalue weighted by molar-refractivity contribution is 5.92. The van der Waals surface area contributed by atoms with Gasteiger partial charge in [0.2, 0.25) is 11.8 Å². The molecule has 54 heavy (non-hydrogen) atoms. The van der Waals surface area contributed by atoms with Crippen molar-refractivity contribution < 1.29 is 23.4 Å². The van der Waals surface area contributed by atoms with Crippen molar-refractivity contribution in [3.05, 3.63) is 154 Å². The van der Waals surface area contributed by atoms with Crippen LogP contribution in [-0.2, 0) is 24.4 Å². The van der Waals surface area contributed by atoms with Crippen LogP contribution in [0, 0.1) is 37.9 Å². The summed E-state index contributed by atoms with van der Waals surface area (Å²) in [6.07, 6.45) is 5.93. The van der Waals surface area contributed by atoms with E-state index in [1.165, 1.54) is 28.8 Å². The van der Waals surface area contributed by atoms with Gasteiger partial charge in [-0.25, -0.2) is 9.37 Å². The molecule has 2 heterocycles. The lowest BCUT2D eigenvalue weighted by Gasteiger charge is -2.34. The van der Waals surface area contributed by atoms with Crippen molar-refractivity contribution in [3.8, 4) is 29.2 Å². The van der Waals surface area contributed by atoms with E-state index < -0.39 is 0 Å². The molecule has 0 bridgehead atoms. The highest BCUT2D eigenvalue weighted by Crippen LogP contribution is 2.30. The summed E-state index contributed by atoms with van der Waals surface area (Å²) in [5, 5.41) is 8.96. The smallest absolute Gasteiger partial charge is 0.246 e. The molecule has 8 nitrogen and oxygen atoms in total. The van der Waals surface area contributed by atoms with Crippen LogP contribution in [-0.4, -0.2) is 53.5 Å². The normalized spacial score (nSPS) is 12.9. The summed E-state index contributed by atoms with van der Waals surface area (Å²) < 4.78 is 30.9. The number of aromatic nitrogens is 1. The first-order valence-corrected chi connectivity index (χ1v) is 17.8. The molecular weight excluding hydrogens is 703 g/mol. The highest BCUT2D eigenvalue weighted by Gasteiger charge is 2.20. The Morgan fingerprint density at radius 2 is 1.52 bits per heavy atom. The van der Waals surface area contributed by atoms with Gasteiger partial charge in [0, 0.05) is 51.3 Å². The number of ether oxygens (including phenoxy) is 3. The fraction of sp³-hybridized carbons (Fsp3) is 0.250. The molecule has 5 aromatic rings. The van der Waals surface area contributed by atoms with Gasteiger partial charge in [-0.05, 0) is 120 Å². The number of aryl methyl sites for hydroxylation is 3. The van der Waals surface area contributed by atoms with E-state index in [-0.39, 0.29) is 24.1 Å². The molecule has 0 N–H and O–H groups in total. The molecule has 0 aliphatic carbocycles. The predicted molar refractivity (Wildman–Crippen MR) is 211 cm³/mol. The molecule has 0 spiro atoms. The van der Waals surface area contributed by atoms with Gasteiger partial charge < -0.3 is 19.1 Å². The number of nitrogens with zero attached hydrogens (tertiary/aromatic N) is 4. The van der Waals surface area contributed by atoms with E-state index >= 15 is 0 Å². The molecule has 1 aromatic heterocycles. The van der Waals surface area contributed by atoms with Gasteiger partial charge in [-0.3, -0.25) is 9.69 Å². The molecule has 0 unspecified atom stereocenters. The summed E-state index contributed by atoms with van der Waals surface area (Å²) in [5.74, 6) is 2.20. The third kappa shape index (κ3) is 10.9.